The van der Waals surface area contributed by atoms with E-state index in [4.69, 9.17) is 10.00 Å². The van der Waals surface area contributed by atoms with Crippen LogP contribution in [0.15, 0.2) is 24.3 Å². The lowest BCUT2D eigenvalue weighted by Gasteiger charge is -2.13. The minimum atomic E-state index is 0.378. The first-order chi connectivity index (χ1) is 7.79. The van der Waals surface area contributed by atoms with Crippen LogP contribution in [0.1, 0.15) is 24.5 Å². The van der Waals surface area contributed by atoms with Crippen molar-refractivity contribution < 1.29 is 4.74 Å². The number of benzene rings is 1. The van der Waals surface area contributed by atoms with Crippen molar-refractivity contribution in [2.75, 3.05) is 6.61 Å². The Kier molecular flexibility index (Phi) is 3.87. The average molecular weight is 233 g/mol. The molecule has 1 aromatic rings. The molecule has 0 aromatic heterocycles. The fraction of sp³-hybridized carbons (Fsp3) is 0.462. The van der Waals surface area contributed by atoms with Gasteiger partial charge in [0.15, 0.2) is 0 Å². The molecule has 1 heterocycles. The van der Waals surface area contributed by atoms with Crippen molar-refractivity contribution in [3.63, 3.8) is 0 Å². The second-order valence-corrected chi connectivity index (χ2v) is 5.25. The molecule has 3 heteroatoms. The summed E-state index contributed by atoms with van der Waals surface area (Å²) < 4.78 is 5.53. The number of hydrogen-bond acceptors (Lipinski definition) is 3. The maximum Gasteiger partial charge on any atom is 0.0991 e. The quantitative estimate of drug-likeness (QED) is 0.804. The van der Waals surface area contributed by atoms with Crippen LogP contribution in [0.5, 0.6) is 0 Å². The summed E-state index contributed by atoms with van der Waals surface area (Å²) in [6.07, 6.45) is 1.53. The van der Waals surface area contributed by atoms with E-state index in [0.29, 0.717) is 11.4 Å². The molecule has 1 aliphatic heterocycles. The van der Waals surface area contributed by atoms with Crippen LogP contribution in [0.3, 0.4) is 0 Å². The number of ether oxygens (including phenoxy) is 1. The van der Waals surface area contributed by atoms with Crippen molar-refractivity contribution in [1.29, 1.82) is 5.26 Å². The summed E-state index contributed by atoms with van der Waals surface area (Å²) in [5.74, 6) is 1.00. The summed E-state index contributed by atoms with van der Waals surface area (Å²) in [6, 6.07) is 9.96. The monoisotopic (exact) mass is 233 g/mol. The van der Waals surface area contributed by atoms with Gasteiger partial charge in [-0.05, 0) is 31.0 Å². The van der Waals surface area contributed by atoms with E-state index in [1.54, 1.807) is 0 Å². The molecule has 0 radical (unpaired) electrons. The Morgan fingerprint density at radius 2 is 2.19 bits per heavy atom. The van der Waals surface area contributed by atoms with Crippen molar-refractivity contribution in [3.8, 4) is 6.07 Å². The van der Waals surface area contributed by atoms with E-state index in [1.165, 1.54) is 5.56 Å². The Morgan fingerprint density at radius 1 is 1.44 bits per heavy atom. The van der Waals surface area contributed by atoms with Crippen LogP contribution >= 0.6 is 11.8 Å². The number of nitrogens with zero attached hydrogens (tertiary/aromatic N) is 1. The van der Waals surface area contributed by atoms with Crippen LogP contribution in [0.4, 0.5) is 0 Å². The molecule has 2 nitrogen and oxygen atoms in total. The van der Waals surface area contributed by atoms with Crippen molar-refractivity contribution in [2.24, 2.45) is 0 Å². The summed E-state index contributed by atoms with van der Waals surface area (Å²) in [5, 5.41) is 9.31. The van der Waals surface area contributed by atoms with E-state index < -0.39 is 0 Å². The number of thioether (sulfide) groups is 1. The van der Waals surface area contributed by atoms with Gasteiger partial charge in [-0.1, -0.05) is 12.1 Å². The summed E-state index contributed by atoms with van der Waals surface area (Å²) in [4.78, 5) is 0. The van der Waals surface area contributed by atoms with Gasteiger partial charge in [0.2, 0.25) is 0 Å². The molecule has 2 unspecified atom stereocenters. The van der Waals surface area contributed by atoms with E-state index in [1.807, 2.05) is 36.0 Å². The second kappa shape index (κ2) is 5.38. The number of nitriles is 1. The highest BCUT2D eigenvalue weighted by molar-refractivity contribution is 7.99. The molecule has 2 atom stereocenters. The van der Waals surface area contributed by atoms with Crippen molar-refractivity contribution in [1.82, 2.24) is 0 Å². The lowest BCUT2D eigenvalue weighted by Crippen LogP contribution is -2.13. The smallest absolute Gasteiger partial charge is 0.0991 e. The zero-order chi connectivity index (χ0) is 11.4. The molecular weight excluding hydrogens is 218 g/mol. The third kappa shape index (κ3) is 2.78. The SMILES string of the molecule is CC1OCCC1SCc1ccc(C#N)cc1. The van der Waals surface area contributed by atoms with Crippen LogP contribution in [0.25, 0.3) is 0 Å². The standard InChI is InChI=1S/C13H15NOS/c1-10-13(6-7-15-10)16-9-12-4-2-11(8-14)3-5-12/h2-5,10,13H,6-7,9H2,1H3. The van der Waals surface area contributed by atoms with Gasteiger partial charge < -0.3 is 4.74 Å². The Balaban J connectivity index is 1.87. The van der Waals surface area contributed by atoms with Gasteiger partial charge in [0.1, 0.15) is 0 Å². The zero-order valence-electron chi connectivity index (χ0n) is 9.35. The van der Waals surface area contributed by atoms with E-state index in [2.05, 4.69) is 13.0 Å². The predicted octanol–water partition coefficient (Wildman–Crippen LogP) is 2.97. The van der Waals surface area contributed by atoms with Crippen LogP contribution in [-0.4, -0.2) is 18.0 Å². The summed E-state index contributed by atoms with van der Waals surface area (Å²) in [7, 11) is 0. The molecule has 1 aromatic carbocycles. The van der Waals surface area contributed by atoms with Gasteiger partial charge in [0.25, 0.3) is 0 Å². The molecule has 84 valence electrons. The highest BCUT2D eigenvalue weighted by atomic mass is 32.2. The van der Waals surface area contributed by atoms with Crippen molar-refractivity contribution >= 4 is 11.8 Å². The van der Waals surface area contributed by atoms with Gasteiger partial charge in [-0.3, -0.25) is 0 Å². The maximum absolute atomic E-state index is 8.69. The minimum Gasteiger partial charge on any atom is -0.377 e. The lowest BCUT2D eigenvalue weighted by atomic mass is 10.2. The van der Waals surface area contributed by atoms with Gasteiger partial charge in [0, 0.05) is 17.6 Å². The second-order valence-electron chi connectivity index (χ2n) is 4.02. The van der Waals surface area contributed by atoms with Gasteiger partial charge in [-0.2, -0.15) is 17.0 Å². The molecule has 0 aliphatic carbocycles. The zero-order valence-corrected chi connectivity index (χ0v) is 10.2. The highest BCUT2D eigenvalue weighted by Gasteiger charge is 2.24. The normalized spacial score (nSPS) is 24.2. The molecule has 0 spiro atoms. The van der Waals surface area contributed by atoms with Gasteiger partial charge in [-0.15, -0.1) is 0 Å². The first-order valence-electron chi connectivity index (χ1n) is 5.52. The Labute approximate surface area is 101 Å². The highest BCUT2D eigenvalue weighted by Crippen LogP contribution is 2.28. The molecule has 1 aliphatic rings. The van der Waals surface area contributed by atoms with Crippen molar-refractivity contribution in [3.05, 3.63) is 35.4 Å². The molecule has 0 amide bonds. The number of rotatable bonds is 3. The predicted molar refractivity (Wildman–Crippen MR) is 66.3 cm³/mol. The summed E-state index contributed by atoms with van der Waals surface area (Å²) in [6.45, 7) is 3.04. The Hall–Kier alpha value is -0.980. The molecule has 1 fully saturated rings. The van der Waals surface area contributed by atoms with Crippen LogP contribution in [0, 0.1) is 11.3 Å². The molecule has 0 saturated carbocycles. The van der Waals surface area contributed by atoms with E-state index >= 15 is 0 Å². The topological polar surface area (TPSA) is 33.0 Å². The van der Waals surface area contributed by atoms with Crippen LogP contribution in [-0.2, 0) is 10.5 Å². The van der Waals surface area contributed by atoms with E-state index in [9.17, 15) is 0 Å². The van der Waals surface area contributed by atoms with Gasteiger partial charge in [0.05, 0.1) is 17.7 Å². The van der Waals surface area contributed by atoms with Gasteiger partial charge in [-0.25, -0.2) is 0 Å². The minimum absolute atomic E-state index is 0.378. The molecule has 2 rings (SSSR count). The molecular formula is C13H15NOS. The summed E-state index contributed by atoms with van der Waals surface area (Å²) >= 11 is 1.95. The third-order valence-corrected chi connectivity index (χ3v) is 4.40. The molecule has 0 bridgehead atoms. The maximum atomic E-state index is 8.69. The fourth-order valence-corrected chi connectivity index (χ4v) is 3.02. The first-order valence-corrected chi connectivity index (χ1v) is 6.56. The average Bonchev–Trinajstić information content (AvgIpc) is 2.73. The number of hydrogen-bond donors (Lipinski definition) is 0. The first kappa shape index (κ1) is 11.5. The van der Waals surface area contributed by atoms with Crippen molar-refractivity contribution in [2.45, 2.75) is 30.5 Å². The van der Waals surface area contributed by atoms with E-state index in [0.717, 1.165) is 24.3 Å². The lowest BCUT2D eigenvalue weighted by molar-refractivity contribution is 0.127. The Bertz CT molecular complexity index is 382. The third-order valence-electron chi connectivity index (χ3n) is 2.85. The van der Waals surface area contributed by atoms with E-state index in [-0.39, 0.29) is 0 Å². The Morgan fingerprint density at radius 3 is 2.75 bits per heavy atom. The largest absolute Gasteiger partial charge is 0.377 e. The molecule has 1 saturated heterocycles. The fourth-order valence-electron chi connectivity index (χ4n) is 1.81. The molecule has 16 heavy (non-hydrogen) atoms. The van der Waals surface area contributed by atoms with Crippen LogP contribution in [0.2, 0.25) is 0 Å². The van der Waals surface area contributed by atoms with Gasteiger partial charge >= 0.3 is 0 Å². The molecule has 0 N–H and O–H groups in total. The van der Waals surface area contributed by atoms with Crippen LogP contribution < -0.4 is 0 Å². The summed E-state index contributed by atoms with van der Waals surface area (Å²) in [5.41, 5.74) is 2.01.